The van der Waals surface area contributed by atoms with Crippen LogP contribution >= 0.6 is 0 Å². The Morgan fingerprint density at radius 2 is 1.35 bits per heavy atom. The van der Waals surface area contributed by atoms with E-state index >= 15 is 0 Å². The first-order valence-corrected chi connectivity index (χ1v) is 10.9. The van der Waals surface area contributed by atoms with E-state index in [1.807, 2.05) is 6.07 Å². The van der Waals surface area contributed by atoms with E-state index in [1.165, 1.54) is 11.1 Å². The maximum absolute atomic E-state index is 5.75. The second kappa shape index (κ2) is 18.4. The van der Waals surface area contributed by atoms with Crippen LogP contribution in [0, 0.1) is 24.1 Å². The molecule has 2 rings (SSSR count). The summed E-state index contributed by atoms with van der Waals surface area (Å²) in [4.78, 5) is 0. The molecule has 0 aliphatic carbocycles. The van der Waals surface area contributed by atoms with Gasteiger partial charge in [-0.25, -0.2) is 0 Å². The van der Waals surface area contributed by atoms with E-state index in [1.54, 1.807) is 13.8 Å². The van der Waals surface area contributed by atoms with E-state index in [2.05, 4.69) is 48.7 Å². The summed E-state index contributed by atoms with van der Waals surface area (Å²) in [6.45, 7) is 11.9. The van der Waals surface area contributed by atoms with Crippen LogP contribution in [0.3, 0.4) is 0 Å². The number of hydrogen-bond donors (Lipinski definition) is 0. The fourth-order valence-corrected chi connectivity index (χ4v) is 2.66. The summed E-state index contributed by atoms with van der Waals surface area (Å²) in [7, 11) is 0. The Morgan fingerprint density at radius 1 is 0.774 bits per heavy atom. The highest BCUT2D eigenvalue weighted by molar-refractivity contribution is 5.48. The molecular formula is C25H36O6. The predicted molar refractivity (Wildman–Crippen MR) is 121 cm³/mol. The standard InChI is InChI=1S/C19H30O5.C6H6O/c1-3-5-7-20-8-9-21-10-11-22-14-17-13-19-18(23-15-24-19)12-16(17)6-4-2;1-3-5-7-6-4-2/h12-13H,3-11,14-15H2,1-2H3;1-2H3. The Kier molecular flexibility index (Phi) is 15.8. The first-order chi connectivity index (χ1) is 15.3. The molecule has 1 aliphatic rings. The van der Waals surface area contributed by atoms with Gasteiger partial charge in [0.2, 0.25) is 6.79 Å². The van der Waals surface area contributed by atoms with Gasteiger partial charge in [0.1, 0.15) is 12.2 Å². The van der Waals surface area contributed by atoms with E-state index in [-0.39, 0.29) is 0 Å². The van der Waals surface area contributed by atoms with Crippen molar-refractivity contribution in [1.29, 1.82) is 0 Å². The van der Waals surface area contributed by atoms with Crippen LogP contribution in [0.4, 0.5) is 0 Å². The molecule has 0 unspecified atom stereocenters. The Labute approximate surface area is 187 Å². The fourth-order valence-electron chi connectivity index (χ4n) is 2.66. The number of rotatable bonds is 13. The largest absolute Gasteiger partial charge is 0.454 e. The SMILES string of the molecule is CC#COC#CC.CCCCOCCOCCOCc1cc2c(cc1CCC)OCO2. The highest BCUT2D eigenvalue weighted by atomic mass is 16.7. The first-order valence-electron chi connectivity index (χ1n) is 10.9. The lowest BCUT2D eigenvalue weighted by Gasteiger charge is -2.11. The quantitative estimate of drug-likeness (QED) is 0.333. The molecule has 0 N–H and O–H groups in total. The molecule has 0 saturated carbocycles. The molecule has 0 amide bonds. The molecule has 0 fully saturated rings. The molecule has 0 atom stereocenters. The lowest BCUT2D eigenvalue weighted by Crippen LogP contribution is -2.10. The molecule has 0 aromatic heterocycles. The molecule has 6 heteroatoms. The van der Waals surface area contributed by atoms with Crippen LogP contribution < -0.4 is 9.47 Å². The molecular weight excluding hydrogens is 396 g/mol. The van der Waals surface area contributed by atoms with E-state index in [9.17, 15) is 0 Å². The van der Waals surface area contributed by atoms with Gasteiger partial charge in [-0.3, -0.25) is 0 Å². The first kappa shape index (κ1) is 26.7. The molecule has 31 heavy (non-hydrogen) atoms. The zero-order valence-electron chi connectivity index (χ0n) is 19.4. The summed E-state index contributed by atoms with van der Waals surface area (Å²) in [5.41, 5.74) is 2.44. The molecule has 0 radical (unpaired) electrons. The summed E-state index contributed by atoms with van der Waals surface area (Å²) < 4.78 is 32.0. The summed E-state index contributed by atoms with van der Waals surface area (Å²) in [5, 5.41) is 0. The minimum absolute atomic E-state index is 0.305. The van der Waals surface area contributed by atoms with Gasteiger partial charge in [0.25, 0.3) is 0 Å². The lowest BCUT2D eigenvalue weighted by molar-refractivity contribution is 0.0101. The minimum atomic E-state index is 0.305. The van der Waals surface area contributed by atoms with Crippen LogP contribution in [0.15, 0.2) is 12.1 Å². The molecule has 0 bridgehead atoms. The van der Waals surface area contributed by atoms with Crippen molar-refractivity contribution in [3.05, 3.63) is 23.3 Å². The zero-order chi connectivity index (χ0) is 22.6. The number of ether oxygens (including phenoxy) is 6. The topological polar surface area (TPSA) is 55.4 Å². The number of unbranched alkanes of at least 4 members (excludes halogenated alkanes) is 1. The van der Waals surface area contributed by atoms with Gasteiger partial charge in [-0.15, -0.1) is 0 Å². The van der Waals surface area contributed by atoms with Crippen LogP contribution in [0.5, 0.6) is 11.5 Å². The van der Waals surface area contributed by atoms with Crippen LogP contribution in [0.1, 0.15) is 58.1 Å². The van der Waals surface area contributed by atoms with Gasteiger partial charge in [0.05, 0.1) is 33.0 Å². The minimum Gasteiger partial charge on any atom is -0.454 e. The number of benzene rings is 1. The van der Waals surface area contributed by atoms with Crippen molar-refractivity contribution in [2.75, 3.05) is 39.8 Å². The Hall–Kier alpha value is -2.38. The van der Waals surface area contributed by atoms with Gasteiger partial charge in [-0.2, -0.15) is 0 Å². The van der Waals surface area contributed by atoms with Crippen molar-refractivity contribution in [2.24, 2.45) is 0 Å². The van der Waals surface area contributed by atoms with Crippen LogP contribution in [-0.4, -0.2) is 39.8 Å². The van der Waals surface area contributed by atoms with E-state index in [0.717, 1.165) is 43.8 Å². The van der Waals surface area contributed by atoms with Crippen molar-refractivity contribution < 1.29 is 28.4 Å². The number of fused-ring (bicyclic) bond motifs is 1. The van der Waals surface area contributed by atoms with Crippen molar-refractivity contribution in [3.63, 3.8) is 0 Å². The Balaban J connectivity index is 0.000000592. The van der Waals surface area contributed by atoms with Crippen molar-refractivity contribution in [3.8, 4) is 35.6 Å². The average Bonchev–Trinajstić information content (AvgIpc) is 3.23. The second-order valence-electron chi connectivity index (χ2n) is 6.66. The molecule has 0 spiro atoms. The van der Waals surface area contributed by atoms with Gasteiger partial charge in [-0.05, 0) is 36.1 Å². The van der Waals surface area contributed by atoms with Crippen molar-refractivity contribution >= 4 is 0 Å². The van der Waals surface area contributed by atoms with Crippen molar-refractivity contribution in [1.82, 2.24) is 0 Å². The van der Waals surface area contributed by atoms with Crippen LogP contribution in [-0.2, 0) is 32.0 Å². The summed E-state index contributed by atoms with van der Waals surface area (Å²) in [5.74, 6) is 6.71. The summed E-state index contributed by atoms with van der Waals surface area (Å²) in [6.07, 6.45) is 9.03. The van der Waals surface area contributed by atoms with Crippen LogP contribution in [0.25, 0.3) is 0 Å². The van der Waals surface area contributed by atoms with Gasteiger partial charge in [-0.1, -0.05) is 38.5 Å². The van der Waals surface area contributed by atoms with Gasteiger partial charge < -0.3 is 28.4 Å². The lowest BCUT2D eigenvalue weighted by atomic mass is 10.0. The third kappa shape index (κ3) is 12.2. The molecule has 172 valence electrons. The predicted octanol–water partition coefficient (Wildman–Crippen LogP) is 4.68. The summed E-state index contributed by atoms with van der Waals surface area (Å²) >= 11 is 0. The van der Waals surface area contributed by atoms with Gasteiger partial charge in [0, 0.05) is 20.5 Å². The Bertz CT molecular complexity index is 705. The third-order valence-corrected chi connectivity index (χ3v) is 4.16. The number of hydrogen-bond acceptors (Lipinski definition) is 6. The van der Waals surface area contributed by atoms with Crippen molar-refractivity contribution in [2.45, 2.75) is 60.0 Å². The molecule has 6 nitrogen and oxygen atoms in total. The maximum atomic E-state index is 5.75. The smallest absolute Gasteiger partial charge is 0.231 e. The molecule has 0 saturated heterocycles. The molecule has 1 aliphatic heterocycles. The highest BCUT2D eigenvalue weighted by Crippen LogP contribution is 2.35. The normalized spacial score (nSPS) is 10.8. The molecule has 1 aromatic carbocycles. The van der Waals surface area contributed by atoms with E-state index in [4.69, 9.17) is 23.7 Å². The van der Waals surface area contributed by atoms with Crippen LogP contribution in [0.2, 0.25) is 0 Å². The monoisotopic (exact) mass is 432 g/mol. The molecule has 1 heterocycles. The third-order valence-electron chi connectivity index (χ3n) is 4.16. The number of aryl methyl sites for hydroxylation is 1. The molecule has 1 aromatic rings. The summed E-state index contributed by atoms with van der Waals surface area (Å²) in [6, 6.07) is 4.12. The average molecular weight is 433 g/mol. The maximum Gasteiger partial charge on any atom is 0.231 e. The van der Waals surface area contributed by atoms with E-state index in [0.29, 0.717) is 39.8 Å². The van der Waals surface area contributed by atoms with E-state index < -0.39 is 0 Å². The zero-order valence-corrected chi connectivity index (χ0v) is 19.4. The van der Waals surface area contributed by atoms with Gasteiger partial charge in [0.15, 0.2) is 11.5 Å². The Morgan fingerprint density at radius 3 is 1.94 bits per heavy atom. The highest BCUT2D eigenvalue weighted by Gasteiger charge is 2.16. The second-order valence-corrected chi connectivity index (χ2v) is 6.66. The van der Waals surface area contributed by atoms with Gasteiger partial charge >= 0.3 is 0 Å². The fraction of sp³-hybridized carbons (Fsp3) is 0.600.